The average molecular weight is 1020 g/mol. The third-order valence-electron chi connectivity index (χ3n) is 11.5. The second-order valence-corrected chi connectivity index (χ2v) is 19.2. The maximum atomic E-state index is 12.6. The fraction of sp³-hybridized carbons (Fsp3) is 0.405. The first-order valence-electron chi connectivity index (χ1n) is 19.1. The Balaban J connectivity index is 0.000000154. The van der Waals surface area contributed by atoms with E-state index in [0.717, 1.165) is 80.3 Å². The summed E-state index contributed by atoms with van der Waals surface area (Å²) in [5.41, 5.74) is 6.64. The number of hydrogen-bond donors (Lipinski definition) is 4. The Morgan fingerprint density at radius 1 is 0.804 bits per heavy atom. The molecule has 56 heavy (non-hydrogen) atoms. The molecule has 9 rings (SSSR count). The highest BCUT2D eigenvalue weighted by atomic mass is 127. The van der Waals surface area contributed by atoms with Crippen LogP contribution in [0.15, 0.2) is 88.2 Å². The molecule has 0 aliphatic carbocycles. The molecule has 3 aromatic carbocycles. The van der Waals surface area contributed by atoms with Gasteiger partial charge in [-0.2, -0.15) is 31.5 Å². The Labute approximate surface area is 364 Å². The Kier molecular flexibility index (Phi) is 17.1. The van der Waals surface area contributed by atoms with Gasteiger partial charge < -0.3 is 35.3 Å². The Morgan fingerprint density at radius 3 is 2.02 bits per heavy atom. The minimum absolute atomic E-state index is 0. The molecule has 299 valence electrons. The minimum Gasteiger partial charge on any atom is -0.870 e. The molecule has 1 radical (unpaired) electrons. The molecular formula is C42H53BBr2IN6O3P-. The van der Waals surface area contributed by atoms with E-state index in [2.05, 4.69) is 144 Å². The van der Waals surface area contributed by atoms with Crippen molar-refractivity contribution >= 4 is 107 Å². The number of nitrogens with one attached hydrogen (secondary N) is 3. The lowest BCUT2D eigenvalue weighted by Gasteiger charge is -2.24. The van der Waals surface area contributed by atoms with Crippen LogP contribution in [0.2, 0.25) is 0 Å². The number of likely N-dealkylation sites (N-methyl/N-ethyl adjacent to an activating group) is 3. The molecular weight excluding hydrogens is 965 g/mol. The van der Waals surface area contributed by atoms with Crippen LogP contribution in [0.5, 0.6) is 0 Å². The summed E-state index contributed by atoms with van der Waals surface area (Å²) in [6.45, 7) is 3.35. The van der Waals surface area contributed by atoms with E-state index >= 15 is 0 Å². The number of fused-ring (bicyclic) bond motifs is 3. The largest absolute Gasteiger partial charge is 0.870 e. The highest BCUT2D eigenvalue weighted by molar-refractivity contribution is 14.1. The van der Waals surface area contributed by atoms with Gasteiger partial charge in [0.2, 0.25) is 4.86 Å². The average Bonchev–Trinajstić information content (AvgIpc) is 4.04. The summed E-state index contributed by atoms with van der Waals surface area (Å²) in [6.07, 6.45) is 13.7. The molecule has 3 fully saturated rings. The molecule has 0 amide bonds. The number of carbonyl (C=O) groups excluding carboxylic acids is 1. The molecule has 14 heteroatoms. The van der Waals surface area contributed by atoms with E-state index in [0.29, 0.717) is 0 Å². The third kappa shape index (κ3) is 10.8. The van der Waals surface area contributed by atoms with Crippen LogP contribution < -0.4 is 0 Å². The van der Waals surface area contributed by atoms with Crippen LogP contribution in [0.4, 0.5) is 0 Å². The fourth-order valence-corrected chi connectivity index (χ4v) is 9.13. The second-order valence-electron chi connectivity index (χ2n) is 14.9. The summed E-state index contributed by atoms with van der Waals surface area (Å²) in [4.78, 5) is 31.1. The lowest BCUT2D eigenvalue weighted by Crippen LogP contribution is -2.32. The zero-order valence-corrected chi connectivity index (χ0v) is 38.8. The molecule has 3 saturated heterocycles. The molecule has 0 spiro atoms. The normalized spacial score (nSPS) is 20.5. The predicted molar refractivity (Wildman–Crippen MR) is 252 cm³/mol. The van der Waals surface area contributed by atoms with Crippen LogP contribution in [0, 0.1) is 0 Å². The van der Waals surface area contributed by atoms with Crippen molar-refractivity contribution in [2.45, 2.75) is 69.2 Å². The number of benzene rings is 3. The standard InChI is InChI=1S/C14H17BrN2O.C14H15BrN2O.C14H18N2.BH2IP.H2O/c2*1-17-6-2-3-13(17)14(18)11-8-16-12-5-4-9(15)7-10(11)12;1-16-8-4-5-12(16)9-11-10-15-14-7-3-2-6-13(11)14;2-1-3;/h4-5,7-8,13-14,16,18H,2-3,6H2,1H3;4-5,7-8,13,16H,2-3,6H2,1H3;2-3,6-7,10,12,15H,4-5,8-9H2,1H3;3H2;1H2/p-1/t13-,14?;13-;12-;;/m111../s1. The van der Waals surface area contributed by atoms with Gasteiger partial charge in [0.1, 0.15) is 0 Å². The van der Waals surface area contributed by atoms with E-state index in [1.807, 2.05) is 54.6 Å². The molecule has 5 N–H and O–H groups in total. The number of carbonyl (C=O) groups is 1. The lowest BCUT2D eigenvalue weighted by molar-refractivity contribution is 0.0868. The second kappa shape index (κ2) is 21.3. The summed E-state index contributed by atoms with van der Waals surface area (Å²) in [7, 11) is 8.80. The first-order chi connectivity index (χ1) is 26.6. The molecule has 6 heterocycles. The number of nitrogens with zero attached hydrogens (tertiary/aromatic N) is 3. The van der Waals surface area contributed by atoms with E-state index in [1.165, 1.54) is 48.7 Å². The number of H-pyrrole nitrogens is 3. The predicted octanol–water partition coefficient (Wildman–Crippen LogP) is 9.72. The van der Waals surface area contributed by atoms with Crippen molar-refractivity contribution in [2.75, 3.05) is 40.8 Å². The highest BCUT2D eigenvalue weighted by Crippen LogP contribution is 2.34. The van der Waals surface area contributed by atoms with Gasteiger partial charge in [-0.1, -0.05) is 50.1 Å². The number of aliphatic hydroxyl groups excluding tert-OH is 1. The molecule has 3 aliphatic rings. The minimum atomic E-state index is -0.416. The smallest absolute Gasteiger partial charge is 0.226 e. The molecule has 6 aromatic rings. The SMILES string of the molecule is CN1CCC[C@@H]1C(=O)c1c[nH]c2ccc(Br)cc12.CN1CCC[C@@H]1C(O)c1c[nH]c2ccc(Br)cc12.CN1CCC[C@@H]1Cc1c[nH]c2ccccc12.P[B]I.[OH-]. The van der Waals surface area contributed by atoms with Gasteiger partial charge in [-0.25, -0.2) is 0 Å². The Bertz CT molecular complexity index is 2180. The highest BCUT2D eigenvalue weighted by Gasteiger charge is 2.31. The quantitative estimate of drug-likeness (QED) is 0.0571. The number of aromatic nitrogens is 3. The van der Waals surface area contributed by atoms with Gasteiger partial charge in [-0.3, -0.25) is 9.69 Å². The number of likely N-dealkylation sites (tertiary alicyclic amines) is 3. The van der Waals surface area contributed by atoms with Gasteiger partial charge in [-0.05, 0) is 134 Å². The van der Waals surface area contributed by atoms with Crippen molar-refractivity contribution in [3.05, 3.63) is 105 Å². The van der Waals surface area contributed by atoms with E-state index < -0.39 is 6.10 Å². The number of para-hydroxylation sites is 1. The maximum Gasteiger partial charge on any atom is 0.226 e. The summed E-state index contributed by atoms with van der Waals surface area (Å²) >= 11 is 9.08. The first kappa shape index (κ1) is 45.0. The van der Waals surface area contributed by atoms with E-state index in [4.69, 9.17) is 0 Å². The first-order valence-corrected chi connectivity index (χ1v) is 22.6. The number of ketones is 1. The zero-order chi connectivity index (χ0) is 39.1. The van der Waals surface area contributed by atoms with Gasteiger partial charge in [0, 0.05) is 83.5 Å². The third-order valence-corrected chi connectivity index (χ3v) is 12.5. The van der Waals surface area contributed by atoms with Crippen LogP contribution in [0.25, 0.3) is 32.7 Å². The van der Waals surface area contributed by atoms with Crippen molar-refractivity contribution in [3.8, 4) is 0 Å². The topological polar surface area (TPSA) is 124 Å². The van der Waals surface area contributed by atoms with Gasteiger partial charge in [0.15, 0.2) is 5.78 Å². The number of aromatic amines is 3. The van der Waals surface area contributed by atoms with Crippen LogP contribution >= 0.6 is 63.4 Å². The van der Waals surface area contributed by atoms with Crippen LogP contribution in [0.1, 0.15) is 66.1 Å². The zero-order valence-electron chi connectivity index (χ0n) is 32.3. The molecule has 3 aliphatic heterocycles. The lowest BCUT2D eigenvalue weighted by atomic mass is 10.00. The van der Waals surface area contributed by atoms with Gasteiger partial charge >= 0.3 is 0 Å². The van der Waals surface area contributed by atoms with Gasteiger partial charge in [-0.15, -0.1) is 0 Å². The van der Waals surface area contributed by atoms with Crippen molar-refractivity contribution in [3.63, 3.8) is 0 Å². The Hall–Kier alpha value is -2.07. The van der Waals surface area contributed by atoms with E-state index in [9.17, 15) is 9.90 Å². The molecule has 9 nitrogen and oxygen atoms in total. The molecule has 0 bridgehead atoms. The monoisotopic (exact) mass is 1020 g/mol. The van der Waals surface area contributed by atoms with Crippen LogP contribution in [-0.2, 0) is 6.42 Å². The molecule has 0 saturated carbocycles. The van der Waals surface area contributed by atoms with Crippen molar-refractivity contribution in [1.29, 1.82) is 0 Å². The summed E-state index contributed by atoms with van der Waals surface area (Å²) in [5, 5.41) is 14.1. The Morgan fingerprint density at radius 2 is 1.38 bits per heavy atom. The maximum absolute atomic E-state index is 12.6. The van der Waals surface area contributed by atoms with Crippen molar-refractivity contribution in [2.24, 2.45) is 0 Å². The van der Waals surface area contributed by atoms with Crippen LogP contribution in [0.3, 0.4) is 0 Å². The number of halogens is 3. The fourth-order valence-electron chi connectivity index (χ4n) is 8.41. The number of aliphatic hydroxyl groups is 1. The van der Waals surface area contributed by atoms with E-state index in [-0.39, 0.29) is 23.3 Å². The number of rotatable bonds is 6. The van der Waals surface area contributed by atoms with Crippen molar-refractivity contribution in [1.82, 2.24) is 29.7 Å². The summed E-state index contributed by atoms with van der Waals surface area (Å²) in [6, 6.07) is 21.7. The summed E-state index contributed by atoms with van der Waals surface area (Å²) < 4.78 is 2.05. The molecule has 2 unspecified atom stereocenters. The molecule has 5 atom stereocenters. The summed E-state index contributed by atoms with van der Waals surface area (Å²) in [5.74, 6) is 0.236. The van der Waals surface area contributed by atoms with Gasteiger partial charge in [0.05, 0.1) is 12.1 Å². The van der Waals surface area contributed by atoms with Crippen molar-refractivity contribution < 1.29 is 15.4 Å². The molecule has 3 aromatic heterocycles. The number of Topliss-reactive ketones (excluding diaryl/α,β-unsaturated/α-hetero) is 1. The van der Waals surface area contributed by atoms with Crippen LogP contribution in [-0.4, -0.2) is 110 Å². The van der Waals surface area contributed by atoms with Gasteiger partial charge in [0.25, 0.3) is 0 Å². The number of hydrogen-bond acceptors (Lipinski definition) is 6. The van der Waals surface area contributed by atoms with E-state index in [1.54, 1.807) is 0 Å².